The van der Waals surface area contributed by atoms with E-state index in [0.29, 0.717) is 39.5 Å². The molecular weight excluding hydrogens is 591 g/mol. The first kappa shape index (κ1) is 26.9. The second-order valence-corrected chi connectivity index (χ2v) is 9.67. The average molecular weight is 604 g/mol. The average Bonchev–Trinajstić information content (AvgIpc) is 3.12. The molecule has 3 aromatic rings. The maximum absolute atomic E-state index is 13.0. The van der Waals surface area contributed by atoms with Gasteiger partial charge in [-0.25, -0.2) is 0 Å². The highest BCUT2D eigenvalue weighted by atomic mass is 79.9. The molecule has 3 aromatic carbocycles. The van der Waals surface area contributed by atoms with Crippen molar-refractivity contribution in [1.82, 2.24) is 4.90 Å². The van der Waals surface area contributed by atoms with E-state index in [1.165, 1.54) is 24.3 Å². The monoisotopic (exact) mass is 603 g/mol. The van der Waals surface area contributed by atoms with E-state index >= 15 is 0 Å². The van der Waals surface area contributed by atoms with E-state index in [0.717, 1.165) is 11.0 Å². The van der Waals surface area contributed by atoms with Crippen molar-refractivity contribution in [2.45, 2.75) is 12.7 Å². The molecule has 1 aliphatic rings. The standard InChI is InChI=1S/C25H13BrF3N3O5S/c26-18-6-8-20(37-21-7-5-17(25(27,28)29)11-19(21)32(35)36)16(9-18)10-22-23(33)31(24(34)38-22)13-15-4-2-1-3-14(15)12-30/h1-11H,13H2/b22-10+. The predicted molar refractivity (Wildman–Crippen MR) is 135 cm³/mol. The topological polar surface area (TPSA) is 114 Å². The van der Waals surface area contributed by atoms with Crippen LogP contribution in [-0.4, -0.2) is 21.0 Å². The predicted octanol–water partition coefficient (Wildman–Crippen LogP) is 7.28. The lowest BCUT2D eigenvalue weighted by molar-refractivity contribution is -0.385. The number of hydrogen-bond donors (Lipinski definition) is 0. The zero-order chi connectivity index (χ0) is 27.6. The molecule has 0 spiro atoms. The number of imide groups is 1. The third-order valence-corrected chi connectivity index (χ3v) is 6.70. The minimum atomic E-state index is -4.79. The van der Waals surface area contributed by atoms with Crippen LogP contribution in [0.1, 0.15) is 22.3 Å². The van der Waals surface area contributed by atoms with Gasteiger partial charge in [0.25, 0.3) is 11.1 Å². The molecule has 13 heteroatoms. The van der Waals surface area contributed by atoms with Gasteiger partial charge in [0.1, 0.15) is 5.75 Å². The van der Waals surface area contributed by atoms with Gasteiger partial charge in [0.2, 0.25) is 5.75 Å². The maximum atomic E-state index is 13.0. The Balaban J connectivity index is 1.67. The number of halogens is 4. The summed E-state index contributed by atoms with van der Waals surface area (Å²) in [6.45, 7) is -0.120. The van der Waals surface area contributed by atoms with Crippen molar-refractivity contribution in [3.05, 3.63) is 102 Å². The molecule has 0 bridgehead atoms. The molecule has 4 rings (SSSR count). The van der Waals surface area contributed by atoms with Crippen LogP contribution in [0.4, 0.5) is 23.7 Å². The van der Waals surface area contributed by atoms with Crippen LogP contribution >= 0.6 is 27.7 Å². The summed E-state index contributed by atoms with van der Waals surface area (Å²) < 4.78 is 45.3. The molecule has 0 saturated carbocycles. The Morgan fingerprint density at radius 3 is 2.50 bits per heavy atom. The SMILES string of the molecule is N#Cc1ccccc1CN1C(=O)S/C(=C/c2cc(Br)ccc2Oc2ccc(C(F)(F)F)cc2[N+](=O)[O-])C1=O. The van der Waals surface area contributed by atoms with Crippen LogP contribution in [0, 0.1) is 21.4 Å². The number of thioether (sulfide) groups is 1. The summed E-state index contributed by atoms with van der Waals surface area (Å²) in [4.78, 5) is 37.1. The summed E-state index contributed by atoms with van der Waals surface area (Å²) in [5.41, 5.74) is -1.07. The maximum Gasteiger partial charge on any atom is 0.416 e. The largest absolute Gasteiger partial charge is 0.449 e. The molecule has 0 N–H and O–H groups in total. The van der Waals surface area contributed by atoms with E-state index in [-0.39, 0.29) is 22.8 Å². The molecule has 0 radical (unpaired) electrons. The van der Waals surface area contributed by atoms with E-state index < -0.39 is 39.2 Å². The van der Waals surface area contributed by atoms with Crippen molar-refractivity contribution < 1.29 is 32.4 Å². The van der Waals surface area contributed by atoms with Crippen LogP contribution in [-0.2, 0) is 17.5 Å². The van der Waals surface area contributed by atoms with Crippen LogP contribution in [0.15, 0.2) is 70.0 Å². The highest BCUT2D eigenvalue weighted by Crippen LogP contribution is 2.40. The van der Waals surface area contributed by atoms with Crippen LogP contribution in [0.2, 0.25) is 0 Å². The summed E-state index contributed by atoms with van der Waals surface area (Å²) in [5, 5.41) is 20.2. The first-order valence-electron chi connectivity index (χ1n) is 10.5. The van der Waals surface area contributed by atoms with Gasteiger partial charge in [-0.05, 0) is 59.8 Å². The summed E-state index contributed by atoms with van der Waals surface area (Å²) in [6, 6.07) is 14.9. The molecule has 1 heterocycles. The second kappa shape index (κ2) is 10.7. The van der Waals surface area contributed by atoms with Crippen molar-refractivity contribution >= 4 is 50.6 Å². The zero-order valence-electron chi connectivity index (χ0n) is 18.9. The molecule has 0 atom stereocenters. The summed E-state index contributed by atoms with van der Waals surface area (Å²) in [6.07, 6.45) is -3.44. The minimum absolute atomic E-state index is 0.00214. The molecule has 8 nitrogen and oxygen atoms in total. The van der Waals surface area contributed by atoms with Crippen molar-refractivity contribution in [3.8, 4) is 17.6 Å². The number of amides is 2. The molecule has 0 aromatic heterocycles. The number of carbonyl (C=O) groups is 2. The highest BCUT2D eigenvalue weighted by Gasteiger charge is 2.36. The van der Waals surface area contributed by atoms with Crippen LogP contribution in [0.25, 0.3) is 6.08 Å². The fourth-order valence-electron chi connectivity index (χ4n) is 3.48. The third-order valence-electron chi connectivity index (χ3n) is 5.30. The van der Waals surface area contributed by atoms with Crippen molar-refractivity contribution in [2.75, 3.05) is 0 Å². The lowest BCUT2D eigenvalue weighted by Gasteiger charge is -2.13. The lowest BCUT2D eigenvalue weighted by Crippen LogP contribution is -2.27. The van der Waals surface area contributed by atoms with E-state index in [2.05, 4.69) is 15.9 Å². The second-order valence-electron chi connectivity index (χ2n) is 7.76. The summed E-state index contributed by atoms with van der Waals surface area (Å²) in [7, 11) is 0. The molecule has 38 heavy (non-hydrogen) atoms. The smallest absolute Gasteiger partial charge is 0.416 e. The number of ether oxygens (including phenoxy) is 1. The number of nitro groups is 1. The Hall–Kier alpha value is -4.15. The zero-order valence-corrected chi connectivity index (χ0v) is 21.3. The molecule has 1 saturated heterocycles. The van der Waals surface area contributed by atoms with E-state index in [9.17, 15) is 38.1 Å². The van der Waals surface area contributed by atoms with E-state index in [4.69, 9.17) is 4.74 Å². The van der Waals surface area contributed by atoms with E-state index in [1.54, 1.807) is 24.3 Å². The number of benzene rings is 3. The van der Waals surface area contributed by atoms with Gasteiger partial charge >= 0.3 is 11.9 Å². The van der Waals surface area contributed by atoms with Crippen LogP contribution < -0.4 is 4.74 Å². The number of nitro benzene ring substituents is 1. The van der Waals surface area contributed by atoms with Gasteiger partial charge in [-0.2, -0.15) is 18.4 Å². The van der Waals surface area contributed by atoms with Gasteiger partial charge in [0.15, 0.2) is 0 Å². The first-order chi connectivity index (χ1) is 18.0. The lowest BCUT2D eigenvalue weighted by atomic mass is 10.1. The Morgan fingerprint density at radius 1 is 1.11 bits per heavy atom. The number of hydrogen-bond acceptors (Lipinski definition) is 7. The first-order valence-corrected chi connectivity index (χ1v) is 12.2. The molecule has 2 amide bonds. The van der Waals surface area contributed by atoms with E-state index in [1.807, 2.05) is 6.07 Å². The van der Waals surface area contributed by atoms with Crippen molar-refractivity contribution in [3.63, 3.8) is 0 Å². The van der Waals surface area contributed by atoms with Crippen LogP contribution in [0.3, 0.4) is 0 Å². The molecule has 0 aliphatic carbocycles. The molecule has 1 fully saturated rings. The number of alkyl halides is 3. The third kappa shape index (κ3) is 5.71. The Kier molecular flexibility index (Phi) is 7.56. The van der Waals surface area contributed by atoms with Gasteiger partial charge < -0.3 is 4.74 Å². The Bertz CT molecular complexity index is 1550. The van der Waals surface area contributed by atoms with Gasteiger partial charge in [0.05, 0.1) is 33.6 Å². The van der Waals surface area contributed by atoms with Gasteiger partial charge in [-0.3, -0.25) is 24.6 Å². The fraction of sp³-hybridized carbons (Fsp3) is 0.0800. The van der Waals surface area contributed by atoms with Gasteiger partial charge in [-0.15, -0.1) is 0 Å². The van der Waals surface area contributed by atoms with Gasteiger partial charge in [-0.1, -0.05) is 34.1 Å². The molecular formula is C25H13BrF3N3O5S. The summed E-state index contributed by atoms with van der Waals surface area (Å²) >= 11 is 3.94. The molecule has 1 aliphatic heterocycles. The number of rotatable bonds is 6. The Morgan fingerprint density at radius 2 is 1.82 bits per heavy atom. The number of nitriles is 1. The Labute approximate surface area is 225 Å². The van der Waals surface area contributed by atoms with Crippen LogP contribution in [0.5, 0.6) is 11.5 Å². The van der Waals surface area contributed by atoms with Gasteiger partial charge in [0, 0.05) is 16.1 Å². The molecule has 0 unspecified atom stereocenters. The minimum Gasteiger partial charge on any atom is -0.449 e. The quantitative estimate of drug-likeness (QED) is 0.165. The van der Waals surface area contributed by atoms with Crippen molar-refractivity contribution in [1.29, 1.82) is 5.26 Å². The number of nitrogens with zero attached hydrogens (tertiary/aromatic N) is 3. The number of carbonyl (C=O) groups excluding carboxylic acids is 2. The highest BCUT2D eigenvalue weighted by molar-refractivity contribution is 9.10. The fourth-order valence-corrected chi connectivity index (χ4v) is 4.69. The molecule has 192 valence electrons. The summed E-state index contributed by atoms with van der Waals surface area (Å²) in [5.74, 6) is -1.07. The van der Waals surface area contributed by atoms with Crippen molar-refractivity contribution in [2.24, 2.45) is 0 Å². The normalized spacial score (nSPS) is 14.6.